The Bertz CT molecular complexity index is 554. The van der Waals surface area contributed by atoms with E-state index in [-0.39, 0.29) is 5.82 Å². The van der Waals surface area contributed by atoms with Crippen molar-refractivity contribution >= 4 is 0 Å². The molecule has 0 amide bonds. The first-order valence-electron chi connectivity index (χ1n) is 6.78. The topological polar surface area (TPSA) is 39.1 Å². The smallest absolute Gasteiger partial charge is 0.124 e. The van der Waals surface area contributed by atoms with Crippen LogP contribution in [0.1, 0.15) is 24.5 Å². The van der Waals surface area contributed by atoms with Crippen LogP contribution in [0.15, 0.2) is 30.6 Å². The predicted octanol–water partition coefficient (Wildman–Crippen LogP) is 2.64. The molecule has 0 aliphatic carbocycles. The summed E-state index contributed by atoms with van der Waals surface area (Å²) in [5.41, 5.74) is 1.83. The highest BCUT2D eigenvalue weighted by molar-refractivity contribution is 5.34. The van der Waals surface area contributed by atoms with E-state index in [0.717, 1.165) is 24.1 Å². The molecule has 2 aromatic rings. The number of aromatic nitrogens is 2. The molecule has 1 aromatic carbocycles. The molecule has 0 saturated carbocycles. The van der Waals surface area contributed by atoms with E-state index in [1.54, 1.807) is 16.9 Å². The Morgan fingerprint density at radius 1 is 1.40 bits per heavy atom. The summed E-state index contributed by atoms with van der Waals surface area (Å²) in [4.78, 5) is 0. The van der Waals surface area contributed by atoms with Gasteiger partial charge in [-0.05, 0) is 31.2 Å². The maximum atomic E-state index is 13.3. The zero-order valence-corrected chi connectivity index (χ0v) is 11.9. The van der Waals surface area contributed by atoms with Crippen molar-refractivity contribution in [1.29, 1.82) is 0 Å². The largest absolute Gasteiger partial charge is 0.488 e. The summed E-state index contributed by atoms with van der Waals surface area (Å²) in [6, 6.07) is 4.61. The standard InChI is InChI=1S/C15H20FN3O/c1-3-6-17-9-13-7-14(16)4-5-15(13)20-11-12-8-18-19(2)10-12/h4-5,7-8,10,17H,3,6,9,11H2,1-2H3. The Morgan fingerprint density at radius 3 is 2.95 bits per heavy atom. The molecule has 0 spiro atoms. The molecule has 0 radical (unpaired) electrons. The van der Waals surface area contributed by atoms with Crippen molar-refractivity contribution in [1.82, 2.24) is 15.1 Å². The van der Waals surface area contributed by atoms with Crippen molar-refractivity contribution in [3.05, 3.63) is 47.5 Å². The third-order valence-corrected chi connectivity index (χ3v) is 2.92. The highest BCUT2D eigenvalue weighted by Crippen LogP contribution is 2.21. The van der Waals surface area contributed by atoms with E-state index in [1.165, 1.54) is 12.1 Å². The zero-order valence-electron chi connectivity index (χ0n) is 11.9. The second-order valence-electron chi connectivity index (χ2n) is 4.74. The van der Waals surface area contributed by atoms with Gasteiger partial charge >= 0.3 is 0 Å². The van der Waals surface area contributed by atoms with Gasteiger partial charge in [0.2, 0.25) is 0 Å². The van der Waals surface area contributed by atoms with Gasteiger partial charge in [0.05, 0.1) is 6.20 Å². The van der Waals surface area contributed by atoms with Crippen LogP contribution < -0.4 is 10.1 Å². The van der Waals surface area contributed by atoms with E-state index >= 15 is 0 Å². The van der Waals surface area contributed by atoms with Crippen LogP contribution in [0, 0.1) is 5.82 Å². The summed E-state index contributed by atoms with van der Waals surface area (Å²) in [6.45, 7) is 4.03. The van der Waals surface area contributed by atoms with Crippen molar-refractivity contribution in [3.63, 3.8) is 0 Å². The number of halogens is 1. The lowest BCUT2D eigenvalue weighted by Gasteiger charge is -2.11. The minimum atomic E-state index is -0.243. The Hall–Kier alpha value is -1.88. The first kappa shape index (κ1) is 14.5. The van der Waals surface area contributed by atoms with E-state index in [9.17, 15) is 4.39 Å². The molecule has 0 atom stereocenters. The molecule has 0 unspecified atom stereocenters. The summed E-state index contributed by atoms with van der Waals surface area (Å²) in [7, 11) is 1.86. The van der Waals surface area contributed by atoms with Gasteiger partial charge in [0, 0.05) is 30.9 Å². The van der Waals surface area contributed by atoms with Crippen molar-refractivity contribution < 1.29 is 9.13 Å². The van der Waals surface area contributed by atoms with Crippen LogP contribution >= 0.6 is 0 Å². The molecule has 5 heteroatoms. The molecule has 4 nitrogen and oxygen atoms in total. The van der Waals surface area contributed by atoms with Crippen LogP contribution in [0.3, 0.4) is 0 Å². The number of rotatable bonds is 7. The summed E-state index contributed by atoms with van der Waals surface area (Å²) >= 11 is 0. The quantitative estimate of drug-likeness (QED) is 0.791. The van der Waals surface area contributed by atoms with Gasteiger partial charge in [-0.15, -0.1) is 0 Å². The SMILES string of the molecule is CCCNCc1cc(F)ccc1OCc1cnn(C)c1. The number of aryl methyl sites for hydroxylation is 1. The lowest BCUT2D eigenvalue weighted by molar-refractivity contribution is 0.301. The fourth-order valence-corrected chi connectivity index (χ4v) is 1.93. The molecular weight excluding hydrogens is 257 g/mol. The lowest BCUT2D eigenvalue weighted by Crippen LogP contribution is -2.14. The molecule has 2 rings (SSSR count). The molecule has 0 bridgehead atoms. The molecule has 0 saturated heterocycles. The number of nitrogens with zero attached hydrogens (tertiary/aromatic N) is 2. The average molecular weight is 277 g/mol. The predicted molar refractivity (Wildman–Crippen MR) is 75.9 cm³/mol. The zero-order chi connectivity index (χ0) is 14.4. The number of hydrogen-bond acceptors (Lipinski definition) is 3. The summed E-state index contributed by atoms with van der Waals surface area (Å²) in [6.07, 6.45) is 4.71. The molecule has 0 fully saturated rings. The minimum absolute atomic E-state index is 0.243. The number of hydrogen-bond donors (Lipinski definition) is 1. The third kappa shape index (κ3) is 4.06. The second kappa shape index (κ2) is 7.05. The van der Waals surface area contributed by atoms with Gasteiger partial charge in [-0.2, -0.15) is 5.10 Å². The van der Waals surface area contributed by atoms with E-state index in [1.807, 2.05) is 13.2 Å². The van der Waals surface area contributed by atoms with Gasteiger partial charge < -0.3 is 10.1 Å². The van der Waals surface area contributed by atoms with Crippen LogP contribution in [-0.2, 0) is 20.2 Å². The van der Waals surface area contributed by atoms with Crippen molar-refractivity contribution in [2.24, 2.45) is 7.05 Å². The highest BCUT2D eigenvalue weighted by atomic mass is 19.1. The number of benzene rings is 1. The normalized spacial score (nSPS) is 10.8. The summed E-state index contributed by atoms with van der Waals surface area (Å²) in [5, 5.41) is 7.35. The van der Waals surface area contributed by atoms with Gasteiger partial charge in [0.1, 0.15) is 18.2 Å². The minimum Gasteiger partial charge on any atom is -0.488 e. The monoisotopic (exact) mass is 277 g/mol. The van der Waals surface area contributed by atoms with Crippen molar-refractivity contribution in [2.45, 2.75) is 26.5 Å². The van der Waals surface area contributed by atoms with Gasteiger partial charge in [-0.25, -0.2) is 4.39 Å². The first-order chi connectivity index (χ1) is 9.69. The average Bonchev–Trinajstić information content (AvgIpc) is 2.84. The van der Waals surface area contributed by atoms with Gasteiger partial charge in [-0.1, -0.05) is 6.92 Å². The van der Waals surface area contributed by atoms with E-state index < -0.39 is 0 Å². The molecule has 1 N–H and O–H groups in total. The van der Waals surface area contributed by atoms with E-state index in [0.29, 0.717) is 18.9 Å². The van der Waals surface area contributed by atoms with E-state index in [2.05, 4.69) is 17.3 Å². The Labute approximate surface area is 118 Å². The van der Waals surface area contributed by atoms with Crippen molar-refractivity contribution in [3.8, 4) is 5.75 Å². The molecule has 0 aliphatic rings. The number of ether oxygens (including phenoxy) is 1. The van der Waals surface area contributed by atoms with Gasteiger partial charge in [-0.3, -0.25) is 4.68 Å². The fourth-order valence-electron chi connectivity index (χ4n) is 1.93. The van der Waals surface area contributed by atoms with Crippen LogP contribution in [-0.4, -0.2) is 16.3 Å². The van der Waals surface area contributed by atoms with Crippen LogP contribution in [0.5, 0.6) is 5.75 Å². The molecule has 1 heterocycles. The van der Waals surface area contributed by atoms with Crippen LogP contribution in [0.4, 0.5) is 4.39 Å². The summed E-state index contributed by atoms with van der Waals surface area (Å²) < 4.78 is 20.8. The summed E-state index contributed by atoms with van der Waals surface area (Å²) in [5.74, 6) is 0.464. The van der Waals surface area contributed by atoms with Gasteiger partial charge in [0.25, 0.3) is 0 Å². The molecular formula is C15H20FN3O. The fraction of sp³-hybridized carbons (Fsp3) is 0.400. The van der Waals surface area contributed by atoms with Crippen molar-refractivity contribution in [2.75, 3.05) is 6.54 Å². The second-order valence-corrected chi connectivity index (χ2v) is 4.74. The Morgan fingerprint density at radius 2 is 2.25 bits per heavy atom. The molecule has 20 heavy (non-hydrogen) atoms. The maximum Gasteiger partial charge on any atom is 0.124 e. The molecule has 1 aromatic heterocycles. The Balaban J connectivity index is 2.01. The van der Waals surface area contributed by atoms with E-state index in [4.69, 9.17) is 4.74 Å². The Kier molecular flexibility index (Phi) is 5.12. The number of nitrogens with one attached hydrogen (secondary N) is 1. The first-order valence-corrected chi connectivity index (χ1v) is 6.78. The lowest BCUT2D eigenvalue weighted by atomic mass is 10.2. The molecule has 0 aliphatic heterocycles. The highest BCUT2D eigenvalue weighted by Gasteiger charge is 2.06. The molecule has 108 valence electrons. The van der Waals surface area contributed by atoms with Gasteiger partial charge in [0.15, 0.2) is 0 Å². The maximum absolute atomic E-state index is 13.3. The van der Waals surface area contributed by atoms with Crippen LogP contribution in [0.2, 0.25) is 0 Å². The van der Waals surface area contributed by atoms with Crippen LogP contribution in [0.25, 0.3) is 0 Å². The third-order valence-electron chi connectivity index (χ3n) is 2.92.